The van der Waals surface area contributed by atoms with Crippen LogP contribution in [-0.4, -0.2) is 20.2 Å². The van der Waals surface area contributed by atoms with Crippen molar-refractivity contribution in [3.63, 3.8) is 0 Å². The quantitative estimate of drug-likeness (QED) is 0.158. The van der Waals surface area contributed by atoms with E-state index in [0.29, 0.717) is 61.1 Å². The van der Waals surface area contributed by atoms with Gasteiger partial charge in [0.15, 0.2) is 11.5 Å². The van der Waals surface area contributed by atoms with Crippen LogP contribution in [0, 0.1) is 0 Å². The summed E-state index contributed by atoms with van der Waals surface area (Å²) in [6, 6.07) is 3.42. The molecule has 0 saturated carbocycles. The molecule has 0 aliphatic rings. The molecule has 0 spiro atoms. The minimum Gasteiger partial charge on any atom is -0.505 e. The summed E-state index contributed by atoms with van der Waals surface area (Å²) in [5.41, 5.74) is 1.90. The standard InChI is InChI=1S/C16H6Br4Cl2N2O2/c17-5-1-3-11(7(19)9(5)21)23-13(15(3)25)14-16(26)4-2-6(18)10(22)8(20)12(4)24-14/h1-2,23-26H. The average Bonchev–Trinajstić information content (AvgIpc) is 3.09. The zero-order valence-corrected chi connectivity index (χ0v) is 20.2. The van der Waals surface area contributed by atoms with E-state index in [1.54, 1.807) is 12.1 Å². The molecular formula is C16H6Br4Cl2N2O2. The minimum atomic E-state index is -0.0128. The number of hydrogen-bond donors (Lipinski definition) is 4. The predicted molar refractivity (Wildman–Crippen MR) is 120 cm³/mol. The maximum atomic E-state index is 10.7. The highest BCUT2D eigenvalue weighted by atomic mass is 79.9. The smallest absolute Gasteiger partial charge is 0.150 e. The molecule has 4 rings (SSSR count). The van der Waals surface area contributed by atoms with Crippen molar-refractivity contribution in [1.29, 1.82) is 0 Å². The molecule has 0 fully saturated rings. The van der Waals surface area contributed by atoms with E-state index in [0.717, 1.165) is 0 Å². The summed E-state index contributed by atoms with van der Waals surface area (Å²) in [4.78, 5) is 6.23. The number of halogens is 6. The summed E-state index contributed by atoms with van der Waals surface area (Å²) in [6.07, 6.45) is 0. The van der Waals surface area contributed by atoms with Gasteiger partial charge in [0.05, 0.1) is 30.0 Å². The van der Waals surface area contributed by atoms with E-state index in [1.807, 2.05) is 0 Å². The van der Waals surface area contributed by atoms with Crippen LogP contribution < -0.4 is 0 Å². The van der Waals surface area contributed by atoms with Crippen LogP contribution in [0.3, 0.4) is 0 Å². The molecule has 0 bridgehead atoms. The number of H-pyrrole nitrogens is 2. The van der Waals surface area contributed by atoms with Crippen LogP contribution in [0.5, 0.6) is 11.5 Å². The summed E-state index contributed by atoms with van der Waals surface area (Å²) < 4.78 is 2.48. The van der Waals surface area contributed by atoms with Crippen molar-refractivity contribution in [1.82, 2.24) is 9.97 Å². The van der Waals surface area contributed by atoms with Gasteiger partial charge in [0.2, 0.25) is 0 Å². The van der Waals surface area contributed by atoms with Crippen molar-refractivity contribution < 1.29 is 10.2 Å². The van der Waals surface area contributed by atoms with Gasteiger partial charge >= 0.3 is 0 Å². The minimum absolute atomic E-state index is 0.0128. The van der Waals surface area contributed by atoms with Crippen LogP contribution in [0.15, 0.2) is 30.0 Å². The Balaban J connectivity index is 2.08. The van der Waals surface area contributed by atoms with Gasteiger partial charge < -0.3 is 20.2 Å². The molecule has 2 heterocycles. The molecule has 4 N–H and O–H groups in total. The Morgan fingerprint density at radius 1 is 0.692 bits per heavy atom. The molecule has 10 heteroatoms. The molecule has 0 amide bonds. The lowest BCUT2D eigenvalue weighted by atomic mass is 10.2. The van der Waals surface area contributed by atoms with Gasteiger partial charge in [0.1, 0.15) is 11.4 Å². The molecule has 2 aromatic carbocycles. The van der Waals surface area contributed by atoms with E-state index in [2.05, 4.69) is 73.7 Å². The summed E-state index contributed by atoms with van der Waals surface area (Å²) in [7, 11) is 0. The van der Waals surface area contributed by atoms with E-state index < -0.39 is 0 Å². The van der Waals surface area contributed by atoms with Gasteiger partial charge in [-0.15, -0.1) is 0 Å². The van der Waals surface area contributed by atoms with Crippen molar-refractivity contribution in [2.75, 3.05) is 0 Å². The number of nitrogens with one attached hydrogen (secondary N) is 2. The van der Waals surface area contributed by atoms with E-state index in [4.69, 9.17) is 23.2 Å². The molecule has 134 valence electrons. The molecule has 0 saturated heterocycles. The molecule has 0 atom stereocenters. The van der Waals surface area contributed by atoms with Crippen LogP contribution in [0.1, 0.15) is 0 Å². The first-order valence-electron chi connectivity index (χ1n) is 6.99. The van der Waals surface area contributed by atoms with Crippen LogP contribution in [-0.2, 0) is 0 Å². The highest BCUT2D eigenvalue weighted by molar-refractivity contribution is 9.11. The van der Waals surface area contributed by atoms with Gasteiger partial charge in [-0.3, -0.25) is 0 Å². The summed E-state index contributed by atoms with van der Waals surface area (Å²) in [5.74, 6) is -0.0255. The zero-order chi connectivity index (χ0) is 18.9. The third-order valence-electron chi connectivity index (χ3n) is 4.06. The molecule has 4 nitrogen and oxygen atoms in total. The Hall–Kier alpha value is -0.380. The van der Waals surface area contributed by atoms with Gasteiger partial charge in [-0.25, -0.2) is 0 Å². The first kappa shape index (κ1) is 19.0. The third-order valence-corrected chi connectivity index (χ3v) is 8.59. The summed E-state index contributed by atoms with van der Waals surface area (Å²) in [6.45, 7) is 0. The lowest BCUT2D eigenvalue weighted by Crippen LogP contribution is -1.79. The van der Waals surface area contributed by atoms with Gasteiger partial charge in [-0.05, 0) is 75.9 Å². The van der Waals surface area contributed by atoms with Crippen molar-refractivity contribution in [3.8, 4) is 22.9 Å². The Morgan fingerprint density at radius 3 is 1.38 bits per heavy atom. The molecule has 4 aromatic rings. The fourth-order valence-electron chi connectivity index (χ4n) is 2.81. The molecule has 2 aromatic heterocycles. The van der Waals surface area contributed by atoms with Crippen LogP contribution >= 0.6 is 86.9 Å². The van der Waals surface area contributed by atoms with Gasteiger partial charge in [0.25, 0.3) is 0 Å². The largest absolute Gasteiger partial charge is 0.505 e. The Bertz CT molecular complexity index is 1140. The van der Waals surface area contributed by atoms with Crippen molar-refractivity contribution in [2.24, 2.45) is 0 Å². The number of aromatic hydroxyl groups is 2. The average molecular weight is 649 g/mol. The number of aromatic nitrogens is 2. The monoisotopic (exact) mass is 644 g/mol. The summed E-state index contributed by atoms with van der Waals surface area (Å²) in [5, 5.41) is 23.5. The van der Waals surface area contributed by atoms with Crippen LogP contribution in [0.25, 0.3) is 33.2 Å². The molecule has 26 heavy (non-hydrogen) atoms. The highest BCUT2D eigenvalue weighted by Gasteiger charge is 2.24. The lowest BCUT2D eigenvalue weighted by Gasteiger charge is -2.00. The molecule has 0 aliphatic carbocycles. The molecule has 0 radical (unpaired) electrons. The second-order valence-corrected chi connectivity index (χ2v) is 9.57. The van der Waals surface area contributed by atoms with Gasteiger partial charge in [-0.1, -0.05) is 23.2 Å². The number of hydrogen-bond acceptors (Lipinski definition) is 2. The predicted octanol–water partition coefficient (Wildman–Crippen LogP) is 8.08. The topological polar surface area (TPSA) is 72.0 Å². The van der Waals surface area contributed by atoms with E-state index in [-0.39, 0.29) is 11.5 Å². The Kier molecular flexibility index (Phi) is 4.81. The van der Waals surface area contributed by atoms with Crippen LogP contribution in [0.4, 0.5) is 0 Å². The Labute approximate surface area is 190 Å². The van der Waals surface area contributed by atoms with Gasteiger partial charge in [0, 0.05) is 19.7 Å². The maximum absolute atomic E-state index is 10.7. The van der Waals surface area contributed by atoms with Gasteiger partial charge in [-0.2, -0.15) is 0 Å². The van der Waals surface area contributed by atoms with E-state index in [9.17, 15) is 10.2 Å². The zero-order valence-electron chi connectivity index (χ0n) is 12.3. The second kappa shape index (κ2) is 6.60. The fraction of sp³-hybridized carbons (Fsp3) is 0. The first-order chi connectivity index (χ1) is 12.2. The number of rotatable bonds is 1. The van der Waals surface area contributed by atoms with Crippen LogP contribution in [0.2, 0.25) is 10.0 Å². The molecular weight excluding hydrogens is 643 g/mol. The SMILES string of the molecule is Oc1c(-c2[nH]c3c(Br)c(Cl)c(Br)cc3c2O)[nH]c2c(Br)c(Cl)c(Br)cc12. The normalized spacial score (nSPS) is 11.8. The van der Waals surface area contributed by atoms with E-state index >= 15 is 0 Å². The Morgan fingerprint density at radius 2 is 1.04 bits per heavy atom. The third kappa shape index (κ3) is 2.64. The first-order valence-corrected chi connectivity index (χ1v) is 10.9. The molecule has 0 aliphatic heterocycles. The summed E-state index contributed by atoms with van der Waals surface area (Å²) >= 11 is 26.1. The fourth-order valence-corrected chi connectivity index (χ4v) is 5.54. The number of benzene rings is 2. The molecule has 0 unspecified atom stereocenters. The highest BCUT2D eigenvalue weighted by Crippen LogP contribution is 2.49. The lowest BCUT2D eigenvalue weighted by molar-refractivity contribution is 0.475. The van der Waals surface area contributed by atoms with Crippen molar-refractivity contribution in [3.05, 3.63) is 40.1 Å². The maximum Gasteiger partial charge on any atom is 0.150 e. The second-order valence-electron chi connectivity index (χ2n) is 5.52. The van der Waals surface area contributed by atoms with E-state index in [1.165, 1.54) is 0 Å². The number of fused-ring (bicyclic) bond motifs is 2. The number of aromatic amines is 2. The van der Waals surface area contributed by atoms with Crippen molar-refractivity contribution in [2.45, 2.75) is 0 Å². The van der Waals surface area contributed by atoms with Crippen molar-refractivity contribution >= 4 is 109 Å².